The van der Waals surface area contributed by atoms with E-state index in [9.17, 15) is 0 Å². The number of fused-ring (bicyclic) bond motifs is 1. The molecule has 1 aliphatic rings. The summed E-state index contributed by atoms with van der Waals surface area (Å²) in [6.45, 7) is 0. The van der Waals surface area contributed by atoms with Crippen LogP contribution >= 0.6 is 15.9 Å². The lowest BCUT2D eigenvalue weighted by molar-refractivity contribution is 0.524. The summed E-state index contributed by atoms with van der Waals surface area (Å²) in [5.74, 6) is 1.40. The normalized spacial score (nSPS) is 16.7. The van der Waals surface area contributed by atoms with Crippen molar-refractivity contribution in [1.29, 1.82) is 0 Å². The first kappa shape index (κ1) is 7.50. The predicted octanol–water partition coefficient (Wildman–Crippen LogP) is 2.86. The predicted molar refractivity (Wildman–Crippen MR) is 51.5 cm³/mol. The monoisotopic (exact) mass is 238 g/mol. The van der Waals surface area contributed by atoms with Gasteiger partial charge in [-0.05, 0) is 34.8 Å². The smallest absolute Gasteiger partial charge is 0.247 e. The van der Waals surface area contributed by atoms with Gasteiger partial charge in [0.05, 0.1) is 0 Å². The molecule has 2 aromatic heterocycles. The molecule has 0 radical (unpaired) electrons. The van der Waals surface area contributed by atoms with E-state index in [1.54, 1.807) is 6.20 Å². The van der Waals surface area contributed by atoms with E-state index in [1.165, 1.54) is 12.8 Å². The van der Waals surface area contributed by atoms with Gasteiger partial charge in [-0.25, -0.2) is 9.97 Å². The number of hydrogen-bond acceptors (Lipinski definition) is 3. The van der Waals surface area contributed by atoms with E-state index in [0.717, 1.165) is 15.9 Å². The molecule has 66 valence electrons. The number of pyridine rings is 1. The Hall–Kier alpha value is -0.900. The number of aromatic nitrogens is 2. The van der Waals surface area contributed by atoms with Gasteiger partial charge in [-0.2, -0.15) is 0 Å². The van der Waals surface area contributed by atoms with Crippen LogP contribution in [-0.2, 0) is 0 Å². The van der Waals surface area contributed by atoms with Crippen molar-refractivity contribution in [2.45, 2.75) is 18.8 Å². The summed E-state index contributed by atoms with van der Waals surface area (Å²) in [6, 6.07) is 1.93. The zero-order valence-electron chi connectivity index (χ0n) is 6.83. The summed E-state index contributed by atoms with van der Waals surface area (Å²) >= 11 is 3.35. The number of nitrogens with zero attached hydrogens (tertiary/aromatic N) is 2. The highest BCUT2D eigenvalue weighted by Gasteiger charge is 2.29. The van der Waals surface area contributed by atoms with Gasteiger partial charge in [0.1, 0.15) is 5.52 Å². The van der Waals surface area contributed by atoms with E-state index < -0.39 is 0 Å². The minimum atomic E-state index is 0.549. The van der Waals surface area contributed by atoms with Crippen LogP contribution in [0.15, 0.2) is 21.2 Å². The zero-order valence-corrected chi connectivity index (χ0v) is 8.41. The first-order chi connectivity index (χ1) is 6.33. The van der Waals surface area contributed by atoms with Gasteiger partial charge in [-0.1, -0.05) is 0 Å². The molecule has 0 spiro atoms. The molecule has 0 N–H and O–H groups in total. The van der Waals surface area contributed by atoms with Crippen LogP contribution in [0.4, 0.5) is 0 Å². The van der Waals surface area contributed by atoms with Crippen LogP contribution in [0.5, 0.6) is 0 Å². The second-order valence-corrected chi connectivity index (χ2v) is 4.22. The van der Waals surface area contributed by atoms with Crippen LogP contribution in [0.1, 0.15) is 24.7 Å². The lowest BCUT2D eigenvalue weighted by Crippen LogP contribution is -1.75. The maximum Gasteiger partial charge on any atom is 0.247 e. The Morgan fingerprint density at radius 3 is 3.08 bits per heavy atom. The molecule has 0 atom stereocenters. The van der Waals surface area contributed by atoms with Crippen LogP contribution in [0.25, 0.3) is 11.2 Å². The summed E-state index contributed by atoms with van der Waals surface area (Å²) in [6.07, 6.45) is 4.13. The fourth-order valence-electron chi connectivity index (χ4n) is 1.32. The molecule has 0 bridgehead atoms. The molecule has 0 amide bonds. The summed E-state index contributed by atoms with van der Waals surface area (Å²) in [4.78, 5) is 8.51. The molecule has 3 rings (SSSR count). The van der Waals surface area contributed by atoms with Crippen molar-refractivity contribution < 1.29 is 4.42 Å². The van der Waals surface area contributed by atoms with Crippen LogP contribution in [0.2, 0.25) is 0 Å². The van der Waals surface area contributed by atoms with E-state index in [0.29, 0.717) is 11.6 Å². The van der Waals surface area contributed by atoms with Gasteiger partial charge in [-0.3, -0.25) is 0 Å². The number of oxazole rings is 1. The van der Waals surface area contributed by atoms with Gasteiger partial charge in [0.25, 0.3) is 0 Å². The maximum absolute atomic E-state index is 5.50. The van der Waals surface area contributed by atoms with Crippen LogP contribution < -0.4 is 0 Å². The van der Waals surface area contributed by atoms with Crippen molar-refractivity contribution in [3.8, 4) is 0 Å². The molecule has 13 heavy (non-hydrogen) atoms. The summed E-state index contributed by atoms with van der Waals surface area (Å²) in [5.41, 5.74) is 1.49. The molecular formula is C9H7BrN2O. The van der Waals surface area contributed by atoms with E-state index in [1.807, 2.05) is 6.07 Å². The Bertz CT molecular complexity index is 462. The van der Waals surface area contributed by atoms with E-state index in [-0.39, 0.29) is 0 Å². The van der Waals surface area contributed by atoms with Crippen LogP contribution in [0, 0.1) is 0 Å². The Labute approximate surface area is 83.3 Å². The Morgan fingerprint density at radius 1 is 1.46 bits per heavy atom. The van der Waals surface area contributed by atoms with Crippen molar-refractivity contribution in [2.24, 2.45) is 0 Å². The van der Waals surface area contributed by atoms with E-state index in [4.69, 9.17) is 4.42 Å². The van der Waals surface area contributed by atoms with E-state index >= 15 is 0 Å². The Balaban J connectivity index is 2.20. The van der Waals surface area contributed by atoms with Crippen molar-refractivity contribution in [3.63, 3.8) is 0 Å². The number of rotatable bonds is 1. The minimum absolute atomic E-state index is 0.549. The molecule has 0 unspecified atom stereocenters. The van der Waals surface area contributed by atoms with Crippen molar-refractivity contribution in [2.75, 3.05) is 0 Å². The van der Waals surface area contributed by atoms with Crippen LogP contribution in [0.3, 0.4) is 0 Å². The third-order valence-corrected chi connectivity index (χ3v) is 2.59. The van der Waals surface area contributed by atoms with Crippen molar-refractivity contribution in [1.82, 2.24) is 9.97 Å². The first-order valence-corrected chi connectivity index (χ1v) is 5.04. The molecule has 4 heteroatoms. The Kier molecular flexibility index (Phi) is 1.47. The van der Waals surface area contributed by atoms with Gasteiger partial charge < -0.3 is 4.42 Å². The van der Waals surface area contributed by atoms with Crippen molar-refractivity contribution >= 4 is 27.2 Å². The summed E-state index contributed by atoms with van der Waals surface area (Å²) in [7, 11) is 0. The average Bonchev–Trinajstić information content (AvgIpc) is 2.87. The molecule has 0 aromatic carbocycles. The van der Waals surface area contributed by atoms with Gasteiger partial charge in [0.15, 0.2) is 0 Å². The fraction of sp³-hybridized carbons (Fsp3) is 0.333. The zero-order chi connectivity index (χ0) is 8.84. The second-order valence-electron chi connectivity index (χ2n) is 3.30. The largest absolute Gasteiger partial charge is 0.422 e. The molecule has 2 heterocycles. The molecular weight excluding hydrogens is 232 g/mol. The lowest BCUT2D eigenvalue weighted by Gasteiger charge is -1.85. The topological polar surface area (TPSA) is 38.9 Å². The second kappa shape index (κ2) is 2.54. The molecule has 1 fully saturated rings. The molecule has 1 aliphatic carbocycles. The summed E-state index contributed by atoms with van der Waals surface area (Å²) in [5, 5.41) is 0. The van der Waals surface area contributed by atoms with Gasteiger partial charge in [0.2, 0.25) is 11.6 Å². The fourth-order valence-corrected chi connectivity index (χ4v) is 1.64. The average molecular weight is 239 g/mol. The maximum atomic E-state index is 5.50. The molecule has 1 saturated carbocycles. The van der Waals surface area contributed by atoms with Crippen molar-refractivity contribution in [3.05, 3.63) is 22.6 Å². The standard InChI is InChI=1S/C9H7BrN2O/c10-6-3-7-9(11-4-6)13-8(12-7)5-1-2-5/h3-5H,1-2H2. The van der Waals surface area contributed by atoms with Gasteiger partial charge >= 0.3 is 0 Å². The highest BCUT2D eigenvalue weighted by molar-refractivity contribution is 9.10. The molecule has 0 saturated heterocycles. The SMILES string of the molecule is Brc1cnc2oc(C3CC3)nc2c1. The number of halogens is 1. The first-order valence-electron chi connectivity index (χ1n) is 4.25. The summed E-state index contributed by atoms with van der Waals surface area (Å²) < 4.78 is 6.44. The minimum Gasteiger partial charge on any atom is -0.422 e. The number of hydrogen-bond donors (Lipinski definition) is 0. The molecule has 2 aromatic rings. The van der Waals surface area contributed by atoms with Gasteiger partial charge in [0, 0.05) is 16.6 Å². The highest BCUT2D eigenvalue weighted by atomic mass is 79.9. The third kappa shape index (κ3) is 1.25. The highest BCUT2D eigenvalue weighted by Crippen LogP contribution is 2.40. The molecule has 3 nitrogen and oxygen atoms in total. The molecule has 0 aliphatic heterocycles. The third-order valence-electron chi connectivity index (χ3n) is 2.16. The van der Waals surface area contributed by atoms with E-state index in [2.05, 4.69) is 25.9 Å². The van der Waals surface area contributed by atoms with Crippen LogP contribution in [-0.4, -0.2) is 9.97 Å². The van der Waals surface area contributed by atoms with Gasteiger partial charge in [-0.15, -0.1) is 0 Å². The Morgan fingerprint density at radius 2 is 2.31 bits per heavy atom. The lowest BCUT2D eigenvalue weighted by atomic mass is 10.4. The quantitative estimate of drug-likeness (QED) is 0.767.